The van der Waals surface area contributed by atoms with E-state index < -0.39 is 12.0 Å². The number of piperidine rings is 1. The molecule has 2 amide bonds. The lowest BCUT2D eigenvalue weighted by atomic mass is 9.95. The minimum atomic E-state index is -0.976. The Morgan fingerprint density at radius 3 is 2.39 bits per heavy atom. The van der Waals surface area contributed by atoms with Gasteiger partial charge < -0.3 is 15.3 Å². The maximum Gasteiger partial charge on any atom is 0.326 e. The molecule has 2 N–H and O–H groups in total. The summed E-state index contributed by atoms with van der Waals surface area (Å²) in [5, 5.41) is 11.7. The highest BCUT2D eigenvalue weighted by molar-refractivity contribution is 5.83. The number of amides is 2. The maximum atomic E-state index is 12.1. The number of nitrogens with one attached hydrogen (secondary N) is 1. The molecule has 0 aromatic carbocycles. The fraction of sp³-hybridized carbons (Fsp3) is 0.846. The van der Waals surface area contributed by atoms with Crippen molar-refractivity contribution in [3.05, 3.63) is 0 Å². The molecule has 3 atom stereocenters. The Morgan fingerprint density at radius 1 is 1.28 bits per heavy atom. The third-order valence-corrected chi connectivity index (χ3v) is 3.59. The molecular formula is C13H24N2O3. The van der Waals surface area contributed by atoms with E-state index in [4.69, 9.17) is 5.11 Å². The van der Waals surface area contributed by atoms with Crippen LogP contribution in [0.5, 0.6) is 0 Å². The van der Waals surface area contributed by atoms with E-state index in [0.717, 1.165) is 12.8 Å². The Labute approximate surface area is 109 Å². The highest BCUT2D eigenvalue weighted by atomic mass is 16.4. The summed E-state index contributed by atoms with van der Waals surface area (Å²) in [6, 6.07) is -0.889. The lowest BCUT2D eigenvalue weighted by Crippen LogP contribution is -2.54. The number of rotatable bonds is 3. The van der Waals surface area contributed by atoms with Crippen LogP contribution in [0, 0.1) is 11.8 Å². The molecule has 5 nitrogen and oxygen atoms in total. The van der Waals surface area contributed by atoms with Crippen molar-refractivity contribution in [2.75, 3.05) is 6.54 Å². The summed E-state index contributed by atoms with van der Waals surface area (Å²) >= 11 is 0. The van der Waals surface area contributed by atoms with Crippen LogP contribution in [0.3, 0.4) is 0 Å². The molecule has 1 fully saturated rings. The smallest absolute Gasteiger partial charge is 0.326 e. The summed E-state index contributed by atoms with van der Waals surface area (Å²) < 4.78 is 0. The molecule has 0 aliphatic carbocycles. The molecule has 1 heterocycles. The molecule has 0 saturated carbocycles. The Hall–Kier alpha value is -1.26. The topological polar surface area (TPSA) is 69.6 Å². The van der Waals surface area contributed by atoms with Gasteiger partial charge in [0.25, 0.3) is 0 Å². The summed E-state index contributed by atoms with van der Waals surface area (Å²) in [5.74, 6) is -0.616. The highest BCUT2D eigenvalue weighted by Gasteiger charge is 2.30. The molecule has 18 heavy (non-hydrogen) atoms. The lowest BCUT2D eigenvalue weighted by molar-refractivity contribution is -0.140. The zero-order valence-corrected chi connectivity index (χ0v) is 11.6. The molecule has 2 unspecified atom stereocenters. The highest BCUT2D eigenvalue weighted by Crippen LogP contribution is 2.21. The second-order valence-corrected chi connectivity index (χ2v) is 5.69. The summed E-state index contributed by atoms with van der Waals surface area (Å²) in [7, 11) is 0. The van der Waals surface area contributed by atoms with Gasteiger partial charge in [-0.15, -0.1) is 0 Å². The van der Waals surface area contributed by atoms with Crippen LogP contribution in [0.15, 0.2) is 0 Å². The van der Waals surface area contributed by atoms with E-state index in [9.17, 15) is 9.59 Å². The first-order valence-electron chi connectivity index (χ1n) is 6.62. The molecule has 1 saturated heterocycles. The Balaban J connectivity index is 2.65. The number of carbonyl (C=O) groups is 2. The SMILES string of the molecule is CC1CCC(C)N(C(=O)N[C@@H](C(=O)O)C(C)C)C1. The first-order chi connectivity index (χ1) is 8.32. The van der Waals surface area contributed by atoms with Crippen molar-refractivity contribution < 1.29 is 14.7 Å². The number of likely N-dealkylation sites (tertiary alicyclic amines) is 1. The van der Waals surface area contributed by atoms with Crippen LogP contribution in [-0.4, -0.2) is 40.6 Å². The quantitative estimate of drug-likeness (QED) is 0.810. The molecule has 1 aliphatic rings. The van der Waals surface area contributed by atoms with Gasteiger partial charge in [0.2, 0.25) is 0 Å². The number of carboxylic acids is 1. The Kier molecular flexibility index (Phi) is 4.99. The van der Waals surface area contributed by atoms with Crippen molar-refractivity contribution in [3.63, 3.8) is 0 Å². The predicted octanol–water partition coefficient (Wildman–Crippen LogP) is 1.93. The van der Waals surface area contributed by atoms with Crippen molar-refractivity contribution in [3.8, 4) is 0 Å². The van der Waals surface area contributed by atoms with Crippen LogP contribution in [0.4, 0.5) is 4.79 Å². The molecule has 5 heteroatoms. The van der Waals surface area contributed by atoms with Gasteiger partial charge in [0.15, 0.2) is 0 Å². The average molecular weight is 256 g/mol. The van der Waals surface area contributed by atoms with Crippen LogP contribution < -0.4 is 5.32 Å². The molecule has 0 bridgehead atoms. The van der Waals surface area contributed by atoms with Gasteiger partial charge in [-0.2, -0.15) is 0 Å². The Morgan fingerprint density at radius 2 is 1.89 bits per heavy atom. The van der Waals surface area contributed by atoms with E-state index in [0.29, 0.717) is 12.5 Å². The third kappa shape index (κ3) is 3.62. The van der Waals surface area contributed by atoms with Crippen molar-refractivity contribution in [1.29, 1.82) is 0 Å². The number of nitrogens with zero attached hydrogens (tertiary/aromatic N) is 1. The third-order valence-electron chi connectivity index (χ3n) is 3.59. The largest absolute Gasteiger partial charge is 0.480 e. The van der Waals surface area contributed by atoms with Gasteiger partial charge >= 0.3 is 12.0 Å². The van der Waals surface area contributed by atoms with Gasteiger partial charge in [0, 0.05) is 12.6 Å². The van der Waals surface area contributed by atoms with Crippen LogP contribution >= 0.6 is 0 Å². The zero-order chi connectivity index (χ0) is 13.9. The number of carboxylic acid groups (broad SMARTS) is 1. The van der Waals surface area contributed by atoms with Crippen LogP contribution in [0.1, 0.15) is 40.5 Å². The van der Waals surface area contributed by atoms with Gasteiger partial charge in [-0.1, -0.05) is 20.8 Å². The maximum absolute atomic E-state index is 12.1. The van der Waals surface area contributed by atoms with Gasteiger partial charge in [-0.3, -0.25) is 0 Å². The van der Waals surface area contributed by atoms with E-state index >= 15 is 0 Å². The first kappa shape index (κ1) is 14.8. The molecule has 104 valence electrons. The van der Waals surface area contributed by atoms with Gasteiger partial charge in [0.05, 0.1) is 0 Å². The number of hydrogen-bond donors (Lipinski definition) is 2. The second-order valence-electron chi connectivity index (χ2n) is 5.69. The van der Waals surface area contributed by atoms with Crippen molar-refractivity contribution >= 4 is 12.0 Å². The van der Waals surface area contributed by atoms with E-state index in [1.54, 1.807) is 18.7 Å². The number of urea groups is 1. The van der Waals surface area contributed by atoms with Crippen molar-refractivity contribution in [1.82, 2.24) is 10.2 Å². The molecule has 0 aromatic rings. The normalized spacial score (nSPS) is 25.9. The minimum absolute atomic E-state index is 0.121. The van der Waals surface area contributed by atoms with Crippen molar-refractivity contribution in [2.24, 2.45) is 11.8 Å². The lowest BCUT2D eigenvalue weighted by Gasteiger charge is -2.37. The molecule has 0 spiro atoms. The molecule has 0 radical (unpaired) electrons. The average Bonchev–Trinajstić information content (AvgIpc) is 2.28. The van der Waals surface area contributed by atoms with E-state index in [1.165, 1.54) is 0 Å². The van der Waals surface area contributed by atoms with E-state index in [-0.39, 0.29) is 18.0 Å². The molecular weight excluding hydrogens is 232 g/mol. The summed E-state index contributed by atoms with van der Waals surface area (Å²) in [5.41, 5.74) is 0. The molecule has 0 aromatic heterocycles. The van der Waals surface area contributed by atoms with E-state index in [1.807, 2.05) is 6.92 Å². The van der Waals surface area contributed by atoms with Crippen LogP contribution in [0.2, 0.25) is 0 Å². The van der Waals surface area contributed by atoms with E-state index in [2.05, 4.69) is 12.2 Å². The second kappa shape index (κ2) is 6.07. The van der Waals surface area contributed by atoms with Gasteiger partial charge in [-0.05, 0) is 31.6 Å². The van der Waals surface area contributed by atoms with Gasteiger partial charge in [0.1, 0.15) is 6.04 Å². The Bertz CT molecular complexity index is 317. The summed E-state index contributed by atoms with van der Waals surface area (Å²) in [4.78, 5) is 25.0. The monoisotopic (exact) mass is 256 g/mol. The van der Waals surface area contributed by atoms with Gasteiger partial charge in [-0.25, -0.2) is 9.59 Å². The van der Waals surface area contributed by atoms with Crippen molar-refractivity contribution in [2.45, 2.75) is 52.6 Å². The number of aliphatic carboxylic acids is 1. The zero-order valence-electron chi connectivity index (χ0n) is 11.6. The summed E-state index contributed by atoms with van der Waals surface area (Å²) in [6.07, 6.45) is 2.10. The molecule has 1 aliphatic heterocycles. The fourth-order valence-electron chi connectivity index (χ4n) is 2.30. The molecule has 1 rings (SSSR count). The minimum Gasteiger partial charge on any atom is -0.480 e. The number of carbonyl (C=O) groups excluding carboxylic acids is 1. The first-order valence-corrected chi connectivity index (χ1v) is 6.62. The summed E-state index contributed by atoms with van der Waals surface area (Å²) in [6.45, 7) is 8.42. The standard InChI is InChI=1S/C13H24N2O3/c1-8(2)11(12(16)17)14-13(18)15-7-9(3)5-6-10(15)4/h8-11H,5-7H2,1-4H3,(H,14,18)(H,16,17)/t9?,10?,11-/m1/s1. The fourth-order valence-corrected chi connectivity index (χ4v) is 2.30. The van der Waals surface area contributed by atoms with Crippen LogP contribution in [-0.2, 0) is 4.79 Å². The number of hydrogen-bond acceptors (Lipinski definition) is 2. The predicted molar refractivity (Wildman–Crippen MR) is 69.4 cm³/mol. The van der Waals surface area contributed by atoms with Crippen LogP contribution in [0.25, 0.3) is 0 Å².